The quantitative estimate of drug-likeness (QED) is 0.0320. The molecule has 1 amide bonds. The average Bonchev–Trinajstić information content (AvgIpc) is 3.39. The van der Waals surface area contributed by atoms with Crippen LogP contribution in [0.1, 0.15) is 367 Å². The SMILES string of the molecule is CCCCCCCC/C=C\CCCCCCCC(=O)OCCCCCCCCCCCCCCCCCCCCCCCC(=O)NC(CO)C(O)/C=C/CCCCCCCCCCCCCCCCCCCC. The molecule has 2 atom stereocenters. The predicted molar refractivity (Wildman–Crippen MR) is 320 cm³/mol. The van der Waals surface area contributed by atoms with Crippen molar-refractivity contribution in [2.45, 2.75) is 379 Å². The lowest BCUT2D eigenvalue weighted by molar-refractivity contribution is -0.143. The summed E-state index contributed by atoms with van der Waals surface area (Å²) >= 11 is 0. The smallest absolute Gasteiger partial charge is 0.305 e. The molecule has 0 rings (SSSR count). The first-order valence-corrected chi connectivity index (χ1v) is 33.1. The summed E-state index contributed by atoms with van der Waals surface area (Å²) < 4.78 is 5.49. The van der Waals surface area contributed by atoms with Crippen LogP contribution in [0.5, 0.6) is 0 Å². The van der Waals surface area contributed by atoms with Crippen LogP contribution in [0.25, 0.3) is 0 Å². The third kappa shape index (κ3) is 59.4. The molecule has 6 heteroatoms. The van der Waals surface area contributed by atoms with Gasteiger partial charge in [-0.3, -0.25) is 9.59 Å². The van der Waals surface area contributed by atoms with Gasteiger partial charge in [-0.05, 0) is 57.8 Å². The number of nitrogens with one attached hydrogen (secondary N) is 1. The summed E-state index contributed by atoms with van der Waals surface area (Å²) in [6, 6.07) is -0.629. The first kappa shape index (κ1) is 71.3. The van der Waals surface area contributed by atoms with E-state index in [-0.39, 0.29) is 18.5 Å². The Bertz CT molecular complexity index is 1140. The zero-order valence-corrected chi connectivity index (χ0v) is 49.4. The van der Waals surface area contributed by atoms with Crippen molar-refractivity contribution in [3.05, 3.63) is 24.3 Å². The number of hydrogen-bond donors (Lipinski definition) is 3. The first-order chi connectivity index (χ1) is 36.0. The monoisotopic (exact) mass is 1030 g/mol. The molecule has 0 saturated carbocycles. The minimum Gasteiger partial charge on any atom is -0.466 e. The highest BCUT2D eigenvalue weighted by atomic mass is 16.5. The van der Waals surface area contributed by atoms with Gasteiger partial charge in [-0.15, -0.1) is 0 Å². The summed E-state index contributed by atoms with van der Waals surface area (Å²) in [6.45, 7) is 4.92. The van der Waals surface area contributed by atoms with Crippen LogP contribution in [0.4, 0.5) is 0 Å². The minimum absolute atomic E-state index is 0.00413. The largest absolute Gasteiger partial charge is 0.466 e. The normalized spacial score (nSPS) is 12.7. The number of hydrogen-bond acceptors (Lipinski definition) is 5. The van der Waals surface area contributed by atoms with Crippen molar-refractivity contribution in [1.29, 1.82) is 0 Å². The van der Waals surface area contributed by atoms with Crippen LogP contribution < -0.4 is 5.32 Å². The molecule has 0 saturated heterocycles. The summed E-state index contributed by atoms with van der Waals surface area (Å²) in [6.07, 6.45) is 78.0. The molecule has 2 unspecified atom stereocenters. The van der Waals surface area contributed by atoms with Crippen LogP contribution in [0.15, 0.2) is 24.3 Å². The number of aliphatic hydroxyl groups is 2. The molecule has 0 aromatic carbocycles. The molecule has 6 nitrogen and oxygen atoms in total. The van der Waals surface area contributed by atoms with Gasteiger partial charge in [0.05, 0.1) is 25.4 Å². The lowest BCUT2D eigenvalue weighted by Crippen LogP contribution is -2.45. The molecule has 0 fully saturated rings. The molecular weight excluding hydrogens is 899 g/mol. The maximum atomic E-state index is 12.5. The molecular formula is C67H129NO5. The standard InChI is InChI=1S/C67H129NO5/c1-3-5-7-9-11-13-15-17-19-20-21-25-28-32-35-39-43-47-51-55-59-65(70)64(63-69)68-66(71)60-56-52-48-44-40-36-33-29-26-23-22-24-27-30-34-38-42-46-50-54-58-62-73-67(72)61-57-53-49-45-41-37-31-18-16-14-12-10-8-6-4-2/h18,31,55,59,64-65,69-70H,3-17,19-30,32-54,56-58,60-63H2,1-2H3,(H,68,71)/b31-18-,59-55+. The van der Waals surface area contributed by atoms with Crippen LogP contribution in [-0.2, 0) is 14.3 Å². The van der Waals surface area contributed by atoms with Crippen LogP contribution in [0.3, 0.4) is 0 Å². The van der Waals surface area contributed by atoms with E-state index < -0.39 is 12.1 Å². The Balaban J connectivity index is 3.41. The van der Waals surface area contributed by atoms with E-state index in [4.69, 9.17) is 4.74 Å². The Morgan fingerprint density at radius 3 is 0.973 bits per heavy atom. The summed E-state index contributed by atoms with van der Waals surface area (Å²) in [5.41, 5.74) is 0. The number of unbranched alkanes of at least 4 members (excludes halogenated alkanes) is 49. The molecule has 432 valence electrons. The molecule has 73 heavy (non-hydrogen) atoms. The zero-order chi connectivity index (χ0) is 52.9. The fourth-order valence-electron chi connectivity index (χ4n) is 10.4. The van der Waals surface area contributed by atoms with Crippen molar-refractivity contribution < 1.29 is 24.5 Å². The highest BCUT2D eigenvalue weighted by Gasteiger charge is 2.18. The summed E-state index contributed by atoms with van der Waals surface area (Å²) in [5.74, 6) is -0.0615. The van der Waals surface area contributed by atoms with Crippen LogP contribution in [-0.4, -0.2) is 47.4 Å². The van der Waals surface area contributed by atoms with Gasteiger partial charge in [0, 0.05) is 12.8 Å². The summed E-state index contributed by atoms with van der Waals surface area (Å²) in [7, 11) is 0. The topological polar surface area (TPSA) is 95.9 Å². The van der Waals surface area contributed by atoms with Gasteiger partial charge in [-0.25, -0.2) is 0 Å². The van der Waals surface area contributed by atoms with E-state index in [1.54, 1.807) is 6.08 Å². The van der Waals surface area contributed by atoms with Crippen LogP contribution >= 0.6 is 0 Å². The van der Waals surface area contributed by atoms with E-state index in [0.717, 1.165) is 44.9 Å². The number of carbonyl (C=O) groups excluding carboxylic acids is 2. The van der Waals surface area contributed by atoms with Crippen molar-refractivity contribution in [2.75, 3.05) is 13.2 Å². The second kappa shape index (κ2) is 62.9. The Labute approximate surface area is 456 Å². The Morgan fingerprint density at radius 2 is 0.644 bits per heavy atom. The van der Waals surface area contributed by atoms with E-state index in [9.17, 15) is 19.8 Å². The molecule has 0 bridgehead atoms. The predicted octanol–water partition coefficient (Wildman–Crippen LogP) is 21.0. The summed E-state index contributed by atoms with van der Waals surface area (Å²) in [5, 5.41) is 23.2. The van der Waals surface area contributed by atoms with E-state index in [1.807, 2.05) is 6.08 Å². The zero-order valence-electron chi connectivity index (χ0n) is 49.4. The number of carbonyl (C=O) groups is 2. The van der Waals surface area contributed by atoms with Gasteiger partial charge in [0.25, 0.3) is 0 Å². The van der Waals surface area contributed by atoms with Gasteiger partial charge in [-0.1, -0.05) is 321 Å². The number of aliphatic hydroxyl groups excluding tert-OH is 2. The van der Waals surface area contributed by atoms with Gasteiger partial charge in [-0.2, -0.15) is 0 Å². The third-order valence-electron chi connectivity index (χ3n) is 15.5. The van der Waals surface area contributed by atoms with Gasteiger partial charge in [0.15, 0.2) is 0 Å². The van der Waals surface area contributed by atoms with Crippen molar-refractivity contribution in [3.8, 4) is 0 Å². The molecule has 0 aromatic heterocycles. The van der Waals surface area contributed by atoms with Crippen molar-refractivity contribution in [2.24, 2.45) is 0 Å². The molecule has 3 N–H and O–H groups in total. The number of rotatable bonds is 62. The Hall–Kier alpha value is -1.66. The fraction of sp³-hybridized carbons (Fsp3) is 0.910. The number of esters is 1. The van der Waals surface area contributed by atoms with Crippen molar-refractivity contribution in [3.63, 3.8) is 0 Å². The van der Waals surface area contributed by atoms with Crippen LogP contribution in [0, 0.1) is 0 Å². The van der Waals surface area contributed by atoms with Crippen molar-refractivity contribution >= 4 is 11.9 Å². The van der Waals surface area contributed by atoms with E-state index in [0.29, 0.717) is 19.4 Å². The average molecular weight is 1030 g/mol. The molecule has 0 aromatic rings. The molecule has 0 spiro atoms. The highest BCUT2D eigenvalue weighted by molar-refractivity contribution is 5.76. The van der Waals surface area contributed by atoms with Gasteiger partial charge in [0.1, 0.15) is 0 Å². The lowest BCUT2D eigenvalue weighted by atomic mass is 10.0. The number of amides is 1. The molecule has 0 heterocycles. The fourth-order valence-corrected chi connectivity index (χ4v) is 10.4. The first-order valence-electron chi connectivity index (χ1n) is 33.1. The van der Waals surface area contributed by atoms with E-state index in [1.165, 1.54) is 295 Å². The maximum absolute atomic E-state index is 12.5. The van der Waals surface area contributed by atoms with Gasteiger partial charge < -0.3 is 20.3 Å². The Kier molecular flexibility index (Phi) is 61.4. The molecule has 0 aliphatic carbocycles. The maximum Gasteiger partial charge on any atom is 0.305 e. The van der Waals surface area contributed by atoms with Crippen LogP contribution in [0.2, 0.25) is 0 Å². The second-order valence-corrected chi connectivity index (χ2v) is 22.8. The molecule has 0 radical (unpaired) electrons. The second-order valence-electron chi connectivity index (χ2n) is 22.8. The van der Waals surface area contributed by atoms with Crippen molar-refractivity contribution in [1.82, 2.24) is 5.32 Å². The highest BCUT2D eigenvalue weighted by Crippen LogP contribution is 2.18. The van der Waals surface area contributed by atoms with Gasteiger partial charge in [0.2, 0.25) is 5.91 Å². The van der Waals surface area contributed by atoms with E-state index >= 15 is 0 Å². The lowest BCUT2D eigenvalue weighted by Gasteiger charge is -2.20. The minimum atomic E-state index is -0.846. The molecule has 0 aliphatic rings. The van der Waals surface area contributed by atoms with E-state index in [2.05, 4.69) is 31.3 Å². The summed E-state index contributed by atoms with van der Waals surface area (Å²) in [4.78, 5) is 24.6. The van der Waals surface area contributed by atoms with Gasteiger partial charge >= 0.3 is 5.97 Å². The number of allylic oxidation sites excluding steroid dienone is 3. The third-order valence-corrected chi connectivity index (χ3v) is 15.5. The Morgan fingerprint density at radius 1 is 0.370 bits per heavy atom. The number of ether oxygens (including phenoxy) is 1. The molecule has 0 aliphatic heterocycles.